The molecule has 0 saturated heterocycles. The normalized spacial score (nSPS) is 13.7. The van der Waals surface area contributed by atoms with E-state index in [1.807, 2.05) is 12.1 Å². The summed E-state index contributed by atoms with van der Waals surface area (Å²) in [6, 6.07) is 9.97. The first-order valence-electron chi connectivity index (χ1n) is 12.3. The van der Waals surface area contributed by atoms with Crippen LogP contribution in [0.15, 0.2) is 47.9 Å². The minimum atomic E-state index is -0.404. The van der Waals surface area contributed by atoms with Gasteiger partial charge in [-0.3, -0.25) is 19.7 Å². The molecule has 1 saturated carbocycles. The van der Waals surface area contributed by atoms with Crippen LogP contribution in [-0.4, -0.2) is 43.5 Å². The van der Waals surface area contributed by atoms with Crippen LogP contribution in [0.3, 0.4) is 0 Å². The number of carbonyl (C=O) groups is 2. The fourth-order valence-electron chi connectivity index (χ4n) is 4.47. The third-order valence-electron chi connectivity index (χ3n) is 6.25. The van der Waals surface area contributed by atoms with E-state index in [-0.39, 0.29) is 18.4 Å². The quantitative estimate of drug-likeness (QED) is 0.420. The number of para-hydroxylation sites is 1. The molecular weight excluding hydrogens is 460 g/mol. The summed E-state index contributed by atoms with van der Waals surface area (Å²) in [6.07, 6.45) is 9.66. The van der Waals surface area contributed by atoms with Gasteiger partial charge in [-0.2, -0.15) is 0 Å². The van der Waals surface area contributed by atoms with Gasteiger partial charge in [-0.05, 0) is 48.9 Å². The molecule has 3 amide bonds. The first kappa shape index (κ1) is 24.9. The van der Waals surface area contributed by atoms with Gasteiger partial charge >= 0.3 is 6.03 Å². The number of amides is 3. The van der Waals surface area contributed by atoms with Crippen LogP contribution in [0.4, 0.5) is 4.79 Å². The second kappa shape index (κ2) is 12.0. The highest BCUT2D eigenvalue weighted by Gasteiger charge is 2.21. The van der Waals surface area contributed by atoms with Gasteiger partial charge in [0.15, 0.2) is 11.0 Å². The minimum absolute atomic E-state index is 0.174. The average Bonchev–Trinajstić information content (AvgIpc) is 3.53. The van der Waals surface area contributed by atoms with Crippen molar-refractivity contribution >= 4 is 23.7 Å². The largest absolute Gasteiger partial charge is 0.335 e. The topological polar surface area (TPSA) is 102 Å². The maximum atomic E-state index is 12.4. The number of imide groups is 1. The van der Waals surface area contributed by atoms with Crippen LogP contribution in [0.5, 0.6) is 0 Å². The van der Waals surface area contributed by atoms with E-state index in [0.717, 1.165) is 55.6 Å². The van der Waals surface area contributed by atoms with Gasteiger partial charge in [-0.25, -0.2) is 4.79 Å². The van der Waals surface area contributed by atoms with Crippen LogP contribution in [0, 0.1) is 0 Å². The Labute approximate surface area is 210 Å². The number of carbonyl (C=O) groups excluding carboxylic acids is 2. The number of urea groups is 1. The summed E-state index contributed by atoms with van der Waals surface area (Å²) >= 11 is 1.46. The molecule has 184 valence electrons. The Morgan fingerprint density at radius 1 is 1.06 bits per heavy atom. The summed E-state index contributed by atoms with van der Waals surface area (Å²) in [4.78, 5) is 28.7. The minimum Gasteiger partial charge on any atom is -0.335 e. The third kappa shape index (κ3) is 6.08. The summed E-state index contributed by atoms with van der Waals surface area (Å²) in [5.74, 6) is 0.898. The van der Waals surface area contributed by atoms with Crippen molar-refractivity contribution in [1.29, 1.82) is 0 Å². The van der Waals surface area contributed by atoms with E-state index >= 15 is 0 Å². The number of aryl methyl sites for hydroxylation is 2. The van der Waals surface area contributed by atoms with Crippen molar-refractivity contribution in [2.45, 2.75) is 70.0 Å². The molecule has 8 nitrogen and oxygen atoms in total. The lowest BCUT2D eigenvalue weighted by atomic mass is 10.0. The highest BCUT2D eigenvalue weighted by molar-refractivity contribution is 7.99. The molecule has 0 unspecified atom stereocenters. The molecule has 4 rings (SSSR count). The predicted molar refractivity (Wildman–Crippen MR) is 138 cm³/mol. The number of benzene rings is 1. The van der Waals surface area contributed by atoms with E-state index < -0.39 is 6.03 Å². The van der Waals surface area contributed by atoms with Gasteiger partial charge in [0, 0.05) is 36.2 Å². The fourth-order valence-corrected chi connectivity index (χ4v) is 5.34. The maximum absolute atomic E-state index is 12.4. The van der Waals surface area contributed by atoms with E-state index in [2.05, 4.69) is 62.4 Å². The number of hydrogen-bond donors (Lipinski definition) is 2. The van der Waals surface area contributed by atoms with E-state index in [9.17, 15) is 9.59 Å². The van der Waals surface area contributed by atoms with Gasteiger partial charge in [0.2, 0.25) is 5.91 Å². The van der Waals surface area contributed by atoms with Gasteiger partial charge in [0.1, 0.15) is 0 Å². The Morgan fingerprint density at radius 2 is 1.80 bits per heavy atom. The zero-order chi connectivity index (χ0) is 24.6. The molecule has 0 bridgehead atoms. The van der Waals surface area contributed by atoms with Crippen molar-refractivity contribution in [3.63, 3.8) is 0 Å². The lowest BCUT2D eigenvalue weighted by molar-refractivity contribution is -0.119. The number of thioether (sulfide) groups is 1. The predicted octanol–water partition coefficient (Wildman–Crippen LogP) is 4.70. The maximum Gasteiger partial charge on any atom is 0.321 e. The van der Waals surface area contributed by atoms with Crippen molar-refractivity contribution in [3.8, 4) is 17.1 Å². The fraction of sp³-hybridized carbons (Fsp3) is 0.423. The van der Waals surface area contributed by atoms with E-state index in [0.29, 0.717) is 10.9 Å². The molecule has 1 aliphatic rings. The second-order valence-electron chi connectivity index (χ2n) is 8.62. The van der Waals surface area contributed by atoms with Crippen LogP contribution in [0.2, 0.25) is 0 Å². The number of nitrogens with one attached hydrogen (secondary N) is 2. The highest BCUT2D eigenvalue weighted by atomic mass is 32.2. The Bertz CT molecular complexity index is 1140. The standard InChI is InChI=1S/C26H32N6O2S/c1-3-18-9-7-10-19(4-2)23(18)32-24(20-11-8-15-27-17-20)30-31-26(32)35-16-14-22(33)29-25(34)28-21-12-5-6-13-21/h7-11,15,17,21H,3-6,12-14,16H2,1-2H3,(H2,28,29,33,34). The first-order chi connectivity index (χ1) is 17.1. The van der Waals surface area contributed by atoms with Crippen molar-refractivity contribution < 1.29 is 9.59 Å². The third-order valence-corrected chi connectivity index (χ3v) is 7.18. The van der Waals surface area contributed by atoms with Gasteiger partial charge in [-0.1, -0.05) is 56.7 Å². The lowest BCUT2D eigenvalue weighted by Crippen LogP contribution is -2.43. The summed E-state index contributed by atoms with van der Waals surface area (Å²) in [6.45, 7) is 4.28. The van der Waals surface area contributed by atoms with E-state index in [1.54, 1.807) is 12.4 Å². The molecule has 0 radical (unpaired) electrons. The molecule has 1 aliphatic carbocycles. The molecule has 9 heteroatoms. The van der Waals surface area contributed by atoms with Crippen molar-refractivity contribution in [2.24, 2.45) is 0 Å². The number of hydrogen-bond acceptors (Lipinski definition) is 6. The van der Waals surface area contributed by atoms with Crippen LogP contribution < -0.4 is 10.6 Å². The molecule has 2 aromatic heterocycles. The van der Waals surface area contributed by atoms with Crippen LogP contribution in [0.25, 0.3) is 17.1 Å². The van der Waals surface area contributed by atoms with Gasteiger partial charge < -0.3 is 5.32 Å². The summed E-state index contributed by atoms with van der Waals surface area (Å²) in [7, 11) is 0. The molecule has 0 atom stereocenters. The molecule has 2 heterocycles. The van der Waals surface area contributed by atoms with Gasteiger partial charge in [0.05, 0.1) is 5.69 Å². The summed E-state index contributed by atoms with van der Waals surface area (Å²) in [5.41, 5.74) is 4.38. The monoisotopic (exact) mass is 492 g/mol. The molecule has 1 aromatic carbocycles. The SMILES string of the molecule is CCc1cccc(CC)c1-n1c(SCCC(=O)NC(=O)NC2CCCC2)nnc1-c1cccnc1. The van der Waals surface area contributed by atoms with Crippen molar-refractivity contribution in [2.75, 3.05) is 5.75 Å². The first-order valence-corrected chi connectivity index (χ1v) is 13.3. The zero-order valence-electron chi connectivity index (χ0n) is 20.3. The highest BCUT2D eigenvalue weighted by Crippen LogP contribution is 2.32. The smallest absolute Gasteiger partial charge is 0.321 e. The average molecular weight is 493 g/mol. The van der Waals surface area contributed by atoms with Crippen LogP contribution >= 0.6 is 11.8 Å². The number of nitrogens with zero attached hydrogens (tertiary/aromatic N) is 4. The molecule has 35 heavy (non-hydrogen) atoms. The Morgan fingerprint density at radius 3 is 2.46 bits per heavy atom. The second-order valence-corrected chi connectivity index (χ2v) is 9.68. The van der Waals surface area contributed by atoms with Gasteiger partial charge in [0.25, 0.3) is 0 Å². The van der Waals surface area contributed by atoms with Crippen LogP contribution in [0.1, 0.15) is 57.1 Å². The Hall–Kier alpha value is -3.20. The van der Waals surface area contributed by atoms with Gasteiger partial charge in [-0.15, -0.1) is 10.2 Å². The zero-order valence-corrected chi connectivity index (χ0v) is 21.1. The molecular formula is C26H32N6O2S. The molecule has 0 aliphatic heterocycles. The molecule has 3 aromatic rings. The summed E-state index contributed by atoms with van der Waals surface area (Å²) < 4.78 is 2.09. The number of rotatable bonds is 9. The van der Waals surface area contributed by atoms with Crippen LogP contribution in [-0.2, 0) is 17.6 Å². The van der Waals surface area contributed by atoms with E-state index in [1.165, 1.54) is 22.9 Å². The molecule has 0 spiro atoms. The van der Waals surface area contributed by atoms with Crippen molar-refractivity contribution in [1.82, 2.24) is 30.4 Å². The summed E-state index contributed by atoms with van der Waals surface area (Å²) in [5, 5.41) is 15.0. The van der Waals surface area contributed by atoms with Crippen molar-refractivity contribution in [3.05, 3.63) is 53.9 Å². The lowest BCUT2D eigenvalue weighted by Gasteiger charge is -2.18. The molecule has 1 fully saturated rings. The Kier molecular flexibility index (Phi) is 8.52. The Balaban J connectivity index is 1.52. The number of aromatic nitrogens is 4. The number of pyridine rings is 1. The molecule has 2 N–H and O–H groups in total. The van der Waals surface area contributed by atoms with E-state index in [4.69, 9.17) is 0 Å².